The number of alkyl halides is 1. The van der Waals surface area contributed by atoms with Crippen molar-refractivity contribution in [3.8, 4) is 5.75 Å². The maximum atomic E-state index is 5.96. The highest BCUT2D eigenvalue weighted by molar-refractivity contribution is 14.1. The highest BCUT2D eigenvalue weighted by Gasteiger charge is 2.17. The van der Waals surface area contributed by atoms with Crippen molar-refractivity contribution in [2.45, 2.75) is 19.1 Å². The number of rotatable bonds is 7. The Morgan fingerprint density at radius 1 is 1.24 bits per heavy atom. The molecule has 0 radical (unpaired) electrons. The van der Waals surface area contributed by atoms with Gasteiger partial charge < -0.3 is 14.2 Å². The van der Waals surface area contributed by atoms with Crippen molar-refractivity contribution < 1.29 is 14.2 Å². The predicted molar refractivity (Wildman–Crippen MR) is 77.0 cm³/mol. The molecule has 0 saturated heterocycles. The molecule has 2 atom stereocenters. The predicted octanol–water partition coefficient (Wildman–Crippen LogP) is 3.22. The molecular weight excluding hydrogens is 331 g/mol. The third kappa shape index (κ3) is 4.44. The van der Waals surface area contributed by atoms with Crippen LogP contribution in [0.25, 0.3) is 0 Å². The summed E-state index contributed by atoms with van der Waals surface area (Å²) in [7, 11) is 3.36. The van der Waals surface area contributed by atoms with Crippen LogP contribution >= 0.6 is 22.6 Å². The van der Waals surface area contributed by atoms with Crippen molar-refractivity contribution in [2.24, 2.45) is 0 Å². The summed E-state index contributed by atoms with van der Waals surface area (Å²) in [5, 5.41) is 0. The summed E-state index contributed by atoms with van der Waals surface area (Å²) in [6.07, 6.45) is 0.113. The second kappa shape index (κ2) is 7.89. The first-order valence-electron chi connectivity index (χ1n) is 5.56. The molecule has 96 valence electrons. The van der Waals surface area contributed by atoms with Gasteiger partial charge in [0.15, 0.2) is 0 Å². The zero-order chi connectivity index (χ0) is 12.7. The molecule has 0 saturated carbocycles. The highest BCUT2D eigenvalue weighted by atomic mass is 127. The Balaban J connectivity index is 2.78. The minimum Gasteiger partial charge on any atom is -0.496 e. The van der Waals surface area contributed by atoms with Gasteiger partial charge >= 0.3 is 0 Å². The normalized spacial score (nSPS) is 14.4. The number of hydrogen-bond donors (Lipinski definition) is 0. The van der Waals surface area contributed by atoms with Crippen molar-refractivity contribution in [1.82, 2.24) is 0 Å². The lowest BCUT2D eigenvalue weighted by molar-refractivity contribution is -0.0298. The lowest BCUT2D eigenvalue weighted by atomic mass is 10.1. The van der Waals surface area contributed by atoms with Crippen LogP contribution in [0.2, 0.25) is 0 Å². The molecule has 2 unspecified atom stereocenters. The molecule has 0 bridgehead atoms. The fourth-order valence-electron chi connectivity index (χ4n) is 1.68. The molecule has 0 aliphatic carbocycles. The lowest BCUT2D eigenvalue weighted by Crippen LogP contribution is -2.19. The molecule has 1 aromatic carbocycles. The minimum atomic E-state index is 0.0388. The third-order valence-corrected chi connectivity index (χ3v) is 3.22. The number of methoxy groups -OCH3 is 2. The number of halogens is 1. The van der Waals surface area contributed by atoms with Crippen LogP contribution in [-0.2, 0) is 9.47 Å². The quantitative estimate of drug-likeness (QED) is 0.558. The Kier molecular flexibility index (Phi) is 6.84. The zero-order valence-electron chi connectivity index (χ0n) is 10.5. The van der Waals surface area contributed by atoms with Crippen molar-refractivity contribution >= 4 is 22.6 Å². The molecular formula is C13H19IO3. The van der Waals surface area contributed by atoms with Gasteiger partial charge in [-0.05, 0) is 13.0 Å². The van der Waals surface area contributed by atoms with Gasteiger partial charge in [0.2, 0.25) is 0 Å². The Hall–Kier alpha value is -0.330. The topological polar surface area (TPSA) is 27.7 Å². The van der Waals surface area contributed by atoms with Crippen molar-refractivity contribution in [1.29, 1.82) is 0 Å². The lowest BCUT2D eigenvalue weighted by Gasteiger charge is -2.22. The molecule has 0 amide bonds. The van der Waals surface area contributed by atoms with E-state index in [0.717, 1.165) is 15.7 Å². The van der Waals surface area contributed by atoms with E-state index in [1.54, 1.807) is 14.2 Å². The summed E-state index contributed by atoms with van der Waals surface area (Å²) in [5.41, 5.74) is 1.09. The van der Waals surface area contributed by atoms with Gasteiger partial charge in [-0.1, -0.05) is 40.8 Å². The van der Waals surface area contributed by atoms with Gasteiger partial charge in [0.05, 0.1) is 25.9 Å². The van der Waals surface area contributed by atoms with E-state index in [0.29, 0.717) is 6.61 Å². The first kappa shape index (κ1) is 14.7. The molecule has 3 nitrogen and oxygen atoms in total. The summed E-state index contributed by atoms with van der Waals surface area (Å²) in [4.78, 5) is 0. The second-order valence-corrected chi connectivity index (χ2v) is 4.67. The molecule has 0 N–H and O–H groups in total. The molecule has 17 heavy (non-hydrogen) atoms. The number of benzene rings is 1. The Bertz CT molecular complexity index is 330. The number of hydrogen-bond acceptors (Lipinski definition) is 3. The van der Waals surface area contributed by atoms with E-state index in [9.17, 15) is 0 Å². The average molecular weight is 350 g/mol. The SMILES string of the molecule is COCC(C)OC(CI)c1ccccc1OC. The van der Waals surface area contributed by atoms with E-state index in [1.165, 1.54) is 0 Å². The van der Waals surface area contributed by atoms with E-state index >= 15 is 0 Å². The van der Waals surface area contributed by atoms with Crippen molar-refractivity contribution in [3.05, 3.63) is 29.8 Å². The van der Waals surface area contributed by atoms with Crippen LogP contribution in [-0.4, -0.2) is 31.4 Å². The van der Waals surface area contributed by atoms with E-state index in [-0.39, 0.29) is 12.2 Å². The maximum Gasteiger partial charge on any atom is 0.124 e. The summed E-state index contributed by atoms with van der Waals surface area (Å²) < 4.78 is 17.3. The molecule has 0 spiro atoms. The van der Waals surface area contributed by atoms with Gasteiger partial charge in [-0.2, -0.15) is 0 Å². The fourth-order valence-corrected chi connectivity index (χ4v) is 2.36. The van der Waals surface area contributed by atoms with E-state index in [1.807, 2.05) is 31.2 Å². The zero-order valence-corrected chi connectivity index (χ0v) is 12.6. The Labute approximate surface area is 117 Å². The second-order valence-electron chi connectivity index (χ2n) is 3.79. The van der Waals surface area contributed by atoms with Crippen LogP contribution in [0.1, 0.15) is 18.6 Å². The van der Waals surface area contributed by atoms with Crippen molar-refractivity contribution in [2.75, 3.05) is 25.3 Å². The average Bonchev–Trinajstić information content (AvgIpc) is 2.36. The fraction of sp³-hybridized carbons (Fsp3) is 0.538. The third-order valence-electron chi connectivity index (χ3n) is 2.42. The van der Waals surface area contributed by atoms with Gasteiger partial charge in [0, 0.05) is 17.1 Å². The van der Waals surface area contributed by atoms with Gasteiger partial charge in [-0.3, -0.25) is 0 Å². The first-order valence-corrected chi connectivity index (χ1v) is 7.08. The Morgan fingerprint density at radius 2 is 1.94 bits per heavy atom. The molecule has 1 rings (SSSR count). The van der Waals surface area contributed by atoms with E-state index in [4.69, 9.17) is 14.2 Å². The highest BCUT2D eigenvalue weighted by Crippen LogP contribution is 2.29. The summed E-state index contributed by atoms with van der Waals surface area (Å²) in [6.45, 7) is 2.61. The molecule has 0 aliphatic rings. The molecule has 4 heteroatoms. The van der Waals surface area contributed by atoms with Crippen LogP contribution in [0.4, 0.5) is 0 Å². The van der Waals surface area contributed by atoms with Gasteiger partial charge in [0.1, 0.15) is 5.75 Å². The number of ether oxygens (including phenoxy) is 3. The van der Waals surface area contributed by atoms with Gasteiger partial charge in [-0.15, -0.1) is 0 Å². The van der Waals surface area contributed by atoms with Crippen LogP contribution < -0.4 is 4.74 Å². The van der Waals surface area contributed by atoms with Crippen molar-refractivity contribution in [3.63, 3.8) is 0 Å². The monoisotopic (exact) mass is 350 g/mol. The molecule has 0 fully saturated rings. The smallest absolute Gasteiger partial charge is 0.124 e. The van der Waals surface area contributed by atoms with Gasteiger partial charge in [-0.25, -0.2) is 0 Å². The van der Waals surface area contributed by atoms with Crippen LogP contribution in [0, 0.1) is 0 Å². The van der Waals surface area contributed by atoms with Crippen LogP contribution in [0.15, 0.2) is 24.3 Å². The molecule has 0 heterocycles. The van der Waals surface area contributed by atoms with E-state index in [2.05, 4.69) is 22.6 Å². The molecule has 1 aromatic rings. The molecule has 0 aromatic heterocycles. The minimum absolute atomic E-state index is 0.0388. The summed E-state index contributed by atoms with van der Waals surface area (Å²) in [6, 6.07) is 7.97. The Morgan fingerprint density at radius 3 is 2.53 bits per heavy atom. The molecule has 0 aliphatic heterocycles. The van der Waals surface area contributed by atoms with Crippen LogP contribution in [0.3, 0.4) is 0 Å². The standard InChI is InChI=1S/C13H19IO3/c1-10(9-15-2)17-13(8-14)11-6-4-5-7-12(11)16-3/h4-7,10,13H,8-9H2,1-3H3. The van der Waals surface area contributed by atoms with Crippen LogP contribution in [0.5, 0.6) is 5.75 Å². The van der Waals surface area contributed by atoms with E-state index < -0.39 is 0 Å². The number of para-hydroxylation sites is 1. The maximum absolute atomic E-state index is 5.96. The van der Waals surface area contributed by atoms with Gasteiger partial charge in [0.25, 0.3) is 0 Å². The summed E-state index contributed by atoms with van der Waals surface area (Å²) >= 11 is 2.33. The first-order chi connectivity index (χ1) is 8.22. The summed E-state index contributed by atoms with van der Waals surface area (Å²) in [5.74, 6) is 0.874. The largest absolute Gasteiger partial charge is 0.496 e.